The van der Waals surface area contributed by atoms with Crippen LogP contribution in [0.15, 0.2) is 12.1 Å². The third-order valence-electron chi connectivity index (χ3n) is 5.93. The fourth-order valence-corrected chi connectivity index (χ4v) is 4.34. The maximum atomic E-state index is 15.0. The Bertz CT molecular complexity index is 870. The average molecular weight is 421 g/mol. The normalized spacial score (nSPS) is 23.4. The van der Waals surface area contributed by atoms with Gasteiger partial charge in [-0.2, -0.15) is 0 Å². The number of nitrogens with one attached hydrogen (secondary N) is 1. The number of hydrogen-bond acceptors (Lipinski definition) is 6. The molecule has 2 fully saturated rings. The molecular weight excluding hydrogens is 397 g/mol. The van der Waals surface area contributed by atoms with Crippen molar-refractivity contribution in [2.75, 3.05) is 37.7 Å². The summed E-state index contributed by atoms with van der Waals surface area (Å²) in [5.41, 5.74) is 0.807. The van der Waals surface area contributed by atoms with E-state index in [-0.39, 0.29) is 30.9 Å². The fraction of sp³-hybridized carbons (Fsp3) is 0.550. The minimum Gasteiger partial charge on any atom is -0.489 e. The van der Waals surface area contributed by atoms with Crippen LogP contribution < -0.4 is 15.0 Å². The van der Waals surface area contributed by atoms with Gasteiger partial charge < -0.3 is 24.8 Å². The van der Waals surface area contributed by atoms with E-state index in [1.54, 1.807) is 11.0 Å². The van der Waals surface area contributed by atoms with Gasteiger partial charge in [0.05, 0.1) is 12.2 Å². The molecule has 1 aromatic rings. The molecule has 3 aliphatic heterocycles. The second-order valence-corrected chi connectivity index (χ2v) is 7.76. The third-order valence-corrected chi connectivity index (χ3v) is 5.93. The molecule has 10 heteroatoms. The van der Waals surface area contributed by atoms with Crippen molar-refractivity contribution in [3.63, 3.8) is 0 Å². The van der Waals surface area contributed by atoms with E-state index in [0.29, 0.717) is 42.9 Å². The van der Waals surface area contributed by atoms with Crippen LogP contribution >= 0.6 is 0 Å². The molecule has 0 aromatic heterocycles. The first kappa shape index (κ1) is 20.4. The lowest BCUT2D eigenvalue weighted by Gasteiger charge is -2.34. The van der Waals surface area contributed by atoms with Crippen molar-refractivity contribution in [2.24, 2.45) is 0 Å². The molecule has 3 aliphatic rings. The lowest BCUT2D eigenvalue weighted by molar-refractivity contribution is -0.135. The summed E-state index contributed by atoms with van der Waals surface area (Å²) in [6.07, 6.45) is -0.0166. The van der Waals surface area contributed by atoms with Crippen molar-refractivity contribution >= 4 is 23.6 Å². The average Bonchev–Trinajstić information content (AvgIpc) is 3.07. The molecule has 2 saturated heterocycles. The molecule has 30 heavy (non-hydrogen) atoms. The van der Waals surface area contributed by atoms with Crippen LogP contribution in [0.3, 0.4) is 0 Å². The van der Waals surface area contributed by atoms with Crippen LogP contribution in [0.4, 0.5) is 14.9 Å². The summed E-state index contributed by atoms with van der Waals surface area (Å²) in [5, 5.41) is 11.6. The molecule has 1 aromatic carbocycles. The number of amides is 3. The van der Waals surface area contributed by atoms with Gasteiger partial charge in [0.2, 0.25) is 11.8 Å². The number of ether oxygens (including phenoxy) is 2. The van der Waals surface area contributed by atoms with E-state index in [1.165, 1.54) is 17.9 Å². The molecule has 2 N–H and O–H groups in total. The van der Waals surface area contributed by atoms with Crippen molar-refractivity contribution in [3.05, 3.63) is 23.5 Å². The number of anilines is 1. The number of aliphatic hydroxyl groups is 1. The van der Waals surface area contributed by atoms with E-state index in [1.807, 2.05) is 0 Å². The minimum absolute atomic E-state index is 0.0857. The zero-order valence-electron chi connectivity index (χ0n) is 16.6. The zero-order chi connectivity index (χ0) is 21.4. The van der Waals surface area contributed by atoms with Gasteiger partial charge in [0.15, 0.2) is 0 Å². The standard InChI is InChI=1S/C20H24FN3O6/c1-11(26)22-8-18-16-10-29-17-6-13(12-2-4-23(5-3-12)19(27)9-25)14(21)7-15(17)24(16)20(28)30-18/h6-7,12,16,18,25H,2-5,8-10H2,1H3,(H,22,26)/t16-,18-/m0/s1. The lowest BCUT2D eigenvalue weighted by Crippen LogP contribution is -2.47. The molecule has 0 bridgehead atoms. The van der Waals surface area contributed by atoms with Crippen LogP contribution in [-0.2, 0) is 14.3 Å². The van der Waals surface area contributed by atoms with Crippen molar-refractivity contribution in [2.45, 2.75) is 37.8 Å². The largest absolute Gasteiger partial charge is 0.489 e. The number of halogens is 1. The second kappa shape index (κ2) is 8.10. The monoisotopic (exact) mass is 421 g/mol. The van der Waals surface area contributed by atoms with E-state index >= 15 is 4.39 Å². The summed E-state index contributed by atoms with van der Waals surface area (Å²) in [4.78, 5) is 38.2. The van der Waals surface area contributed by atoms with Gasteiger partial charge >= 0.3 is 6.09 Å². The smallest absolute Gasteiger partial charge is 0.415 e. The lowest BCUT2D eigenvalue weighted by atomic mass is 9.88. The summed E-state index contributed by atoms with van der Waals surface area (Å²) < 4.78 is 26.2. The molecule has 0 radical (unpaired) electrons. The molecule has 0 spiro atoms. The Hall–Kier alpha value is -2.88. The minimum atomic E-state index is -0.595. The number of likely N-dealkylation sites (tertiary alicyclic amines) is 1. The van der Waals surface area contributed by atoms with Crippen molar-refractivity contribution < 1.29 is 33.4 Å². The number of aliphatic hydroxyl groups excluding tert-OH is 1. The van der Waals surface area contributed by atoms with Crippen LogP contribution in [0.2, 0.25) is 0 Å². The number of nitrogens with zero attached hydrogens (tertiary/aromatic N) is 2. The second-order valence-electron chi connectivity index (χ2n) is 7.76. The summed E-state index contributed by atoms with van der Waals surface area (Å²) >= 11 is 0. The predicted molar refractivity (Wildman–Crippen MR) is 103 cm³/mol. The zero-order valence-corrected chi connectivity index (χ0v) is 16.6. The number of fused-ring (bicyclic) bond motifs is 3. The molecular formula is C20H24FN3O6. The first-order valence-corrected chi connectivity index (χ1v) is 9.98. The Morgan fingerprint density at radius 2 is 2.03 bits per heavy atom. The van der Waals surface area contributed by atoms with Crippen LogP contribution in [0.1, 0.15) is 31.2 Å². The Labute approximate surface area is 172 Å². The Morgan fingerprint density at radius 3 is 2.70 bits per heavy atom. The highest BCUT2D eigenvalue weighted by atomic mass is 19.1. The van der Waals surface area contributed by atoms with E-state index < -0.39 is 30.7 Å². The molecule has 3 heterocycles. The molecule has 9 nitrogen and oxygen atoms in total. The number of carbonyl (C=O) groups is 3. The number of cyclic esters (lactones) is 1. The van der Waals surface area contributed by atoms with Crippen molar-refractivity contribution in [1.82, 2.24) is 10.2 Å². The SMILES string of the molecule is CC(=O)NC[C@@H]1OC(=O)N2c3cc(F)c(C4CCN(C(=O)CO)CC4)cc3OC[C@@H]12. The Balaban J connectivity index is 1.52. The van der Waals surface area contributed by atoms with Crippen LogP contribution in [0, 0.1) is 5.82 Å². The van der Waals surface area contributed by atoms with Gasteiger partial charge in [-0.15, -0.1) is 0 Å². The van der Waals surface area contributed by atoms with Gasteiger partial charge in [0.1, 0.15) is 36.9 Å². The van der Waals surface area contributed by atoms with Crippen LogP contribution in [0.25, 0.3) is 0 Å². The quantitative estimate of drug-likeness (QED) is 0.743. The highest BCUT2D eigenvalue weighted by Gasteiger charge is 2.47. The number of rotatable bonds is 4. The van der Waals surface area contributed by atoms with E-state index in [4.69, 9.17) is 14.6 Å². The number of carbonyl (C=O) groups excluding carboxylic acids is 3. The van der Waals surface area contributed by atoms with Gasteiger partial charge in [-0.25, -0.2) is 9.18 Å². The molecule has 0 aliphatic carbocycles. The summed E-state index contributed by atoms with van der Waals surface area (Å²) in [6, 6.07) is 2.47. The Morgan fingerprint density at radius 1 is 1.30 bits per heavy atom. The molecule has 2 atom stereocenters. The summed E-state index contributed by atoms with van der Waals surface area (Å²) in [6.45, 7) is 2.09. The highest BCUT2D eigenvalue weighted by molar-refractivity contribution is 5.93. The molecule has 0 unspecified atom stereocenters. The third kappa shape index (κ3) is 3.67. The van der Waals surface area contributed by atoms with Gasteiger partial charge in [-0.1, -0.05) is 0 Å². The van der Waals surface area contributed by atoms with E-state index in [0.717, 1.165) is 0 Å². The number of benzene rings is 1. The molecule has 162 valence electrons. The van der Waals surface area contributed by atoms with Gasteiger partial charge in [-0.05, 0) is 30.4 Å². The highest BCUT2D eigenvalue weighted by Crippen LogP contribution is 2.42. The van der Waals surface area contributed by atoms with Crippen molar-refractivity contribution in [3.8, 4) is 5.75 Å². The molecule has 0 saturated carbocycles. The maximum Gasteiger partial charge on any atom is 0.415 e. The predicted octanol–water partition coefficient (Wildman–Crippen LogP) is 0.746. The number of piperidine rings is 1. The summed E-state index contributed by atoms with van der Waals surface area (Å²) in [7, 11) is 0. The Kier molecular flexibility index (Phi) is 5.50. The first-order valence-electron chi connectivity index (χ1n) is 9.98. The van der Waals surface area contributed by atoms with Gasteiger partial charge in [0.25, 0.3) is 0 Å². The molecule has 3 amide bonds. The fourth-order valence-electron chi connectivity index (χ4n) is 4.34. The summed E-state index contributed by atoms with van der Waals surface area (Å²) in [5.74, 6) is -0.673. The molecule has 4 rings (SSSR count). The van der Waals surface area contributed by atoms with Crippen LogP contribution in [0.5, 0.6) is 5.75 Å². The van der Waals surface area contributed by atoms with Crippen molar-refractivity contribution in [1.29, 1.82) is 0 Å². The van der Waals surface area contributed by atoms with Gasteiger partial charge in [-0.3, -0.25) is 14.5 Å². The topological polar surface area (TPSA) is 108 Å². The number of hydrogen-bond donors (Lipinski definition) is 2. The van der Waals surface area contributed by atoms with Gasteiger partial charge in [0, 0.05) is 26.1 Å². The first-order chi connectivity index (χ1) is 14.4. The van der Waals surface area contributed by atoms with E-state index in [2.05, 4.69) is 5.32 Å². The van der Waals surface area contributed by atoms with Crippen LogP contribution in [-0.4, -0.2) is 72.9 Å². The van der Waals surface area contributed by atoms with E-state index in [9.17, 15) is 14.4 Å². The maximum absolute atomic E-state index is 15.0.